The van der Waals surface area contributed by atoms with Crippen LogP contribution in [0.5, 0.6) is 0 Å². The minimum absolute atomic E-state index is 0.0195. The zero-order valence-corrected chi connectivity index (χ0v) is 7.02. The molecular weight excluding hydrogens is 181 g/mol. The molecule has 0 fully saturated rings. The van der Waals surface area contributed by atoms with Gasteiger partial charge in [0.1, 0.15) is 5.82 Å². The Bertz CT molecular complexity index is 310. The van der Waals surface area contributed by atoms with E-state index in [1.54, 1.807) is 0 Å². The summed E-state index contributed by atoms with van der Waals surface area (Å²) in [6.45, 7) is 1.45. The average molecular weight is 190 g/mol. The third kappa shape index (κ3) is 2.45. The number of benzene rings is 1. The maximum absolute atomic E-state index is 12.9. The smallest absolute Gasteiger partial charge is 0.161 e. The largest absolute Gasteiger partial charge is 0.393 e. The Morgan fingerprint density at radius 1 is 1.15 bits per heavy atom. The van der Waals surface area contributed by atoms with Gasteiger partial charge in [-0.2, -0.15) is 0 Å². The lowest BCUT2D eigenvalue weighted by atomic mass is 10.1. The van der Waals surface area contributed by atoms with E-state index in [2.05, 4.69) is 0 Å². The van der Waals surface area contributed by atoms with Crippen LogP contribution in [0.3, 0.4) is 0 Å². The van der Waals surface area contributed by atoms with Crippen molar-refractivity contribution in [3.8, 4) is 0 Å². The number of aliphatic hydroxyl groups is 1. The van der Waals surface area contributed by atoms with E-state index in [1.165, 1.54) is 6.92 Å². The van der Waals surface area contributed by atoms with Crippen molar-refractivity contribution in [2.45, 2.75) is 19.4 Å². The normalized spacial score (nSPS) is 13.0. The summed E-state index contributed by atoms with van der Waals surface area (Å²) in [4.78, 5) is 0. The molecule has 1 nitrogen and oxygen atoms in total. The van der Waals surface area contributed by atoms with Gasteiger partial charge in [-0.15, -0.1) is 0 Å². The maximum atomic E-state index is 12.9. The van der Waals surface area contributed by atoms with Crippen LogP contribution in [0.15, 0.2) is 12.1 Å². The summed E-state index contributed by atoms with van der Waals surface area (Å²) in [6.07, 6.45) is -0.803. The second kappa shape index (κ2) is 3.79. The molecule has 0 aliphatic heterocycles. The van der Waals surface area contributed by atoms with E-state index >= 15 is 0 Å². The third-order valence-corrected chi connectivity index (χ3v) is 1.60. The van der Waals surface area contributed by atoms with E-state index < -0.39 is 23.6 Å². The molecule has 0 radical (unpaired) electrons. The molecule has 0 amide bonds. The fourth-order valence-corrected chi connectivity index (χ4v) is 1.04. The quantitative estimate of drug-likeness (QED) is 0.707. The number of hydrogen-bond acceptors (Lipinski definition) is 1. The summed E-state index contributed by atoms with van der Waals surface area (Å²) >= 11 is 0. The van der Waals surface area contributed by atoms with Gasteiger partial charge in [-0.3, -0.25) is 0 Å². The van der Waals surface area contributed by atoms with Gasteiger partial charge in [0.15, 0.2) is 11.6 Å². The lowest BCUT2D eigenvalue weighted by Crippen LogP contribution is -2.07. The first-order chi connectivity index (χ1) is 6.00. The van der Waals surface area contributed by atoms with Crippen LogP contribution in [0.1, 0.15) is 12.5 Å². The molecule has 0 saturated carbocycles. The minimum Gasteiger partial charge on any atom is -0.393 e. The van der Waals surface area contributed by atoms with Gasteiger partial charge in [-0.1, -0.05) is 0 Å². The predicted molar refractivity (Wildman–Crippen MR) is 41.7 cm³/mol. The van der Waals surface area contributed by atoms with Crippen molar-refractivity contribution in [1.82, 2.24) is 0 Å². The molecule has 0 unspecified atom stereocenters. The van der Waals surface area contributed by atoms with Gasteiger partial charge in [0.05, 0.1) is 6.10 Å². The summed E-state index contributed by atoms with van der Waals surface area (Å²) in [6, 6.07) is 1.24. The first-order valence-corrected chi connectivity index (χ1v) is 3.82. The van der Waals surface area contributed by atoms with E-state index in [-0.39, 0.29) is 12.0 Å². The Balaban J connectivity index is 3.01. The highest BCUT2D eigenvalue weighted by atomic mass is 19.2. The highest BCUT2D eigenvalue weighted by Gasteiger charge is 2.10. The molecule has 4 heteroatoms. The molecule has 72 valence electrons. The molecular formula is C9H9F3O. The summed E-state index contributed by atoms with van der Waals surface area (Å²) in [5, 5.41) is 8.91. The number of halogens is 3. The van der Waals surface area contributed by atoms with Gasteiger partial charge >= 0.3 is 0 Å². The molecule has 0 spiro atoms. The monoisotopic (exact) mass is 190 g/mol. The number of aliphatic hydroxyl groups excluding tert-OH is 1. The molecule has 1 aromatic rings. The molecule has 1 rings (SSSR count). The van der Waals surface area contributed by atoms with Crippen molar-refractivity contribution in [3.63, 3.8) is 0 Å². The topological polar surface area (TPSA) is 20.2 Å². The molecule has 13 heavy (non-hydrogen) atoms. The predicted octanol–water partition coefficient (Wildman–Crippen LogP) is 2.03. The van der Waals surface area contributed by atoms with Crippen LogP contribution >= 0.6 is 0 Å². The summed E-state index contributed by atoms with van der Waals surface area (Å²) in [5.41, 5.74) is -0.0195. The van der Waals surface area contributed by atoms with Crippen LogP contribution in [0, 0.1) is 17.5 Å². The van der Waals surface area contributed by atoms with E-state index in [9.17, 15) is 13.2 Å². The van der Waals surface area contributed by atoms with Crippen LogP contribution < -0.4 is 0 Å². The fraction of sp³-hybridized carbons (Fsp3) is 0.333. The van der Waals surface area contributed by atoms with Crippen LogP contribution in [0.4, 0.5) is 13.2 Å². The van der Waals surface area contributed by atoms with Gasteiger partial charge in [-0.25, -0.2) is 13.2 Å². The zero-order valence-electron chi connectivity index (χ0n) is 7.02. The average Bonchev–Trinajstić information content (AvgIpc) is 1.99. The summed E-state index contributed by atoms with van der Waals surface area (Å²) in [5.74, 6) is -3.15. The molecule has 1 atom stereocenters. The van der Waals surface area contributed by atoms with Gasteiger partial charge in [0.25, 0.3) is 0 Å². The Hall–Kier alpha value is -1.03. The Kier molecular flexibility index (Phi) is 2.93. The van der Waals surface area contributed by atoms with Crippen molar-refractivity contribution in [1.29, 1.82) is 0 Å². The highest BCUT2D eigenvalue weighted by molar-refractivity contribution is 5.20. The van der Waals surface area contributed by atoms with Crippen LogP contribution in [-0.4, -0.2) is 11.2 Å². The molecule has 1 aromatic carbocycles. The highest BCUT2D eigenvalue weighted by Crippen LogP contribution is 2.15. The Labute approximate surface area is 73.8 Å². The minimum atomic E-state index is -1.22. The van der Waals surface area contributed by atoms with Crippen LogP contribution in [-0.2, 0) is 6.42 Å². The number of rotatable bonds is 2. The van der Waals surface area contributed by atoms with Crippen molar-refractivity contribution < 1.29 is 18.3 Å². The van der Waals surface area contributed by atoms with Gasteiger partial charge in [0.2, 0.25) is 0 Å². The first-order valence-electron chi connectivity index (χ1n) is 3.82. The summed E-state index contributed by atoms with van der Waals surface area (Å²) in [7, 11) is 0. The first kappa shape index (κ1) is 10.1. The molecule has 0 bridgehead atoms. The van der Waals surface area contributed by atoms with Gasteiger partial charge < -0.3 is 5.11 Å². The van der Waals surface area contributed by atoms with Crippen LogP contribution in [0.25, 0.3) is 0 Å². The summed E-state index contributed by atoms with van der Waals surface area (Å²) < 4.78 is 37.9. The van der Waals surface area contributed by atoms with Crippen molar-refractivity contribution >= 4 is 0 Å². The van der Waals surface area contributed by atoms with E-state index in [4.69, 9.17) is 5.11 Å². The molecule has 0 aliphatic carbocycles. The van der Waals surface area contributed by atoms with Gasteiger partial charge in [0, 0.05) is 12.5 Å². The Morgan fingerprint density at radius 3 is 2.23 bits per heavy atom. The van der Waals surface area contributed by atoms with Crippen molar-refractivity contribution in [2.75, 3.05) is 0 Å². The van der Waals surface area contributed by atoms with Crippen LogP contribution in [0.2, 0.25) is 0 Å². The molecule has 0 aliphatic rings. The molecule has 0 heterocycles. The Morgan fingerprint density at radius 2 is 1.69 bits per heavy atom. The van der Waals surface area contributed by atoms with Crippen molar-refractivity contribution in [3.05, 3.63) is 35.1 Å². The lowest BCUT2D eigenvalue weighted by molar-refractivity contribution is 0.194. The molecule has 0 saturated heterocycles. The maximum Gasteiger partial charge on any atom is 0.161 e. The molecule has 0 aromatic heterocycles. The van der Waals surface area contributed by atoms with Crippen molar-refractivity contribution in [2.24, 2.45) is 0 Å². The van der Waals surface area contributed by atoms with Gasteiger partial charge in [-0.05, 0) is 18.6 Å². The fourth-order valence-electron chi connectivity index (χ4n) is 1.04. The third-order valence-electron chi connectivity index (χ3n) is 1.60. The SMILES string of the molecule is C[C@H](O)Cc1cc(F)c(F)cc1F. The second-order valence-electron chi connectivity index (χ2n) is 2.91. The number of hydrogen-bond donors (Lipinski definition) is 1. The standard InChI is InChI=1S/C9H9F3O/c1-5(13)2-6-3-8(11)9(12)4-7(6)10/h3-5,13H,2H2,1H3/t5-/m0/s1. The van der Waals surface area contributed by atoms with E-state index in [0.717, 1.165) is 6.07 Å². The zero-order chi connectivity index (χ0) is 10.0. The lowest BCUT2D eigenvalue weighted by Gasteiger charge is -2.05. The molecule has 1 N–H and O–H groups in total. The van der Waals surface area contributed by atoms with E-state index in [1.807, 2.05) is 0 Å². The second-order valence-corrected chi connectivity index (χ2v) is 2.91. The van der Waals surface area contributed by atoms with E-state index in [0.29, 0.717) is 6.07 Å².